The summed E-state index contributed by atoms with van der Waals surface area (Å²) in [7, 11) is 0. The number of benzene rings is 1. The molecule has 88 valence electrons. The van der Waals surface area contributed by atoms with E-state index < -0.39 is 0 Å². The van der Waals surface area contributed by atoms with Crippen molar-refractivity contribution >= 4 is 11.7 Å². The molecule has 0 aliphatic rings. The first-order valence-electron chi connectivity index (χ1n) is 5.56. The lowest BCUT2D eigenvalue weighted by molar-refractivity contribution is 0.0301. The summed E-state index contributed by atoms with van der Waals surface area (Å²) < 4.78 is 5.31. The second kappa shape index (κ2) is 5.54. The Labute approximate surface area is 96.6 Å². The van der Waals surface area contributed by atoms with Crippen molar-refractivity contribution in [2.24, 2.45) is 5.92 Å². The lowest BCUT2D eigenvalue weighted by Crippen LogP contribution is -2.17. The average molecular weight is 221 g/mol. The maximum Gasteiger partial charge on any atom is 0.340 e. The number of rotatable bonds is 4. The Kier molecular flexibility index (Phi) is 4.35. The molecule has 0 fully saturated rings. The zero-order valence-electron chi connectivity index (χ0n) is 10.1. The number of carbonyl (C=O) groups excluding carboxylic acids is 1. The SMILES string of the molecule is CC(C)CC(C)OC(=O)c1ccccc1N. The second-order valence-electron chi connectivity index (χ2n) is 4.43. The van der Waals surface area contributed by atoms with Crippen LogP contribution in [-0.2, 0) is 4.74 Å². The molecule has 1 unspecified atom stereocenters. The Morgan fingerprint density at radius 3 is 2.50 bits per heavy atom. The average Bonchev–Trinajstić information content (AvgIpc) is 2.16. The highest BCUT2D eigenvalue weighted by Crippen LogP contribution is 2.15. The topological polar surface area (TPSA) is 52.3 Å². The zero-order valence-corrected chi connectivity index (χ0v) is 10.1. The van der Waals surface area contributed by atoms with E-state index in [1.165, 1.54) is 0 Å². The number of hydrogen-bond acceptors (Lipinski definition) is 3. The second-order valence-corrected chi connectivity index (χ2v) is 4.43. The first-order chi connectivity index (χ1) is 7.50. The summed E-state index contributed by atoms with van der Waals surface area (Å²) in [6.07, 6.45) is 0.783. The van der Waals surface area contributed by atoms with Gasteiger partial charge in [-0.05, 0) is 31.4 Å². The highest BCUT2D eigenvalue weighted by molar-refractivity contribution is 5.95. The van der Waals surface area contributed by atoms with Gasteiger partial charge in [0, 0.05) is 5.69 Å². The molecule has 0 spiro atoms. The molecule has 1 rings (SSSR count). The van der Waals surface area contributed by atoms with Gasteiger partial charge in [0.1, 0.15) is 0 Å². The van der Waals surface area contributed by atoms with Gasteiger partial charge >= 0.3 is 5.97 Å². The number of para-hydroxylation sites is 1. The molecule has 1 aromatic carbocycles. The van der Waals surface area contributed by atoms with E-state index >= 15 is 0 Å². The summed E-state index contributed by atoms with van der Waals surface area (Å²) in [5.41, 5.74) is 6.60. The van der Waals surface area contributed by atoms with Crippen molar-refractivity contribution < 1.29 is 9.53 Å². The molecule has 3 nitrogen and oxygen atoms in total. The number of anilines is 1. The van der Waals surface area contributed by atoms with Crippen molar-refractivity contribution in [3.05, 3.63) is 29.8 Å². The summed E-state index contributed by atoms with van der Waals surface area (Å²) in [4.78, 5) is 11.8. The van der Waals surface area contributed by atoms with Gasteiger partial charge in [-0.25, -0.2) is 4.79 Å². The van der Waals surface area contributed by atoms with Gasteiger partial charge in [0.05, 0.1) is 11.7 Å². The zero-order chi connectivity index (χ0) is 12.1. The Bertz CT molecular complexity index is 361. The Morgan fingerprint density at radius 1 is 1.31 bits per heavy atom. The number of ether oxygens (including phenoxy) is 1. The summed E-state index contributed by atoms with van der Waals surface area (Å²) in [6.45, 7) is 6.10. The molecule has 3 heteroatoms. The molecule has 1 atom stereocenters. The quantitative estimate of drug-likeness (QED) is 0.628. The van der Waals surface area contributed by atoms with E-state index in [4.69, 9.17) is 10.5 Å². The predicted molar refractivity (Wildman–Crippen MR) is 65.2 cm³/mol. The lowest BCUT2D eigenvalue weighted by Gasteiger charge is -2.15. The van der Waals surface area contributed by atoms with Crippen LogP contribution >= 0.6 is 0 Å². The third-order valence-electron chi connectivity index (χ3n) is 2.29. The molecule has 0 aromatic heterocycles. The van der Waals surface area contributed by atoms with E-state index in [-0.39, 0.29) is 12.1 Å². The molecule has 0 aliphatic carbocycles. The maximum absolute atomic E-state index is 11.8. The van der Waals surface area contributed by atoms with Crippen molar-refractivity contribution in [1.82, 2.24) is 0 Å². The number of carbonyl (C=O) groups is 1. The van der Waals surface area contributed by atoms with E-state index in [1.54, 1.807) is 24.3 Å². The van der Waals surface area contributed by atoms with Crippen LogP contribution in [0.15, 0.2) is 24.3 Å². The van der Waals surface area contributed by atoms with E-state index in [0.717, 1.165) is 6.42 Å². The standard InChI is InChI=1S/C13H19NO2/c1-9(2)8-10(3)16-13(15)11-6-4-5-7-12(11)14/h4-7,9-10H,8,14H2,1-3H3. The summed E-state index contributed by atoms with van der Waals surface area (Å²) >= 11 is 0. The summed E-state index contributed by atoms with van der Waals surface area (Å²) in [5, 5.41) is 0. The Hall–Kier alpha value is -1.51. The fourth-order valence-corrected chi connectivity index (χ4v) is 1.64. The van der Waals surface area contributed by atoms with Gasteiger partial charge in [0.15, 0.2) is 0 Å². The first kappa shape index (κ1) is 12.6. The number of nitrogens with two attached hydrogens (primary N) is 1. The Balaban J connectivity index is 2.63. The first-order valence-corrected chi connectivity index (χ1v) is 5.56. The normalized spacial score (nSPS) is 12.5. The van der Waals surface area contributed by atoms with Gasteiger partial charge in [-0.1, -0.05) is 26.0 Å². The van der Waals surface area contributed by atoms with Crippen LogP contribution in [0.2, 0.25) is 0 Å². The van der Waals surface area contributed by atoms with Gasteiger partial charge in [-0.2, -0.15) is 0 Å². The lowest BCUT2D eigenvalue weighted by atomic mass is 10.1. The molecule has 0 amide bonds. The van der Waals surface area contributed by atoms with E-state index in [2.05, 4.69) is 13.8 Å². The molecule has 2 N–H and O–H groups in total. The van der Waals surface area contributed by atoms with Crippen molar-refractivity contribution in [1.29, 1.82) is 0 Å². The van der Waals surface area contributed by atoms with Crippen LogP contribution in [0.25, 0.3) is 0 Å². The molecule has 0 heterocycles. The third-order valence-corrected chi connectivity index (χ3v) is 2.29. The minimum Gasteiger partial charge on any atom is -0.459 e. The van der Waals surface area contributed by atoms with Gasteiger partial charge in [0.25, 0.3) is 0 Å². The van der Waals surface area contributed by atoms with E-state index in [0.29, 0.717) is 17.2 Å². The number of esters is 1. The Morgan fingerprint density at radius 2 is 1.94 bits per heavy atom. The monoisotopic (exact) mass is 221 g/mol. The molecule has 0 saturated carbocycles. The highest BCUT2D eigenvalue weighted by Gasteiger charge is 2.14. The number of hydrogen-bond donors (Lipinski definition) is 1. The molecule has 0 saturated heterocycles. The molecule has 1 aromatic rings. The molecule has 0 radical (unpaired) electrons. The van der Waals surface area contributed by atoms with Crippen LogP contribution in [0.3, 0.4) is 0 Å². The molecule has 0 aliphatic heterocycles. The van der Waals surface area contributed by atoms with Crippen molar-refractivity contribution in [2.75, 3.05) is 5.73 Å². The predicted octanol–water partition coefficient (Wildman–Crippen LogP) is 2.86. The minimum absolute atomic E-state index is 0.0768. The largest absolute Gasteiger partial charge is 0.459 e. The van der Waals surface area contributed by atoms with Crippen LogP contribution in [0.1, 0.15) is 37.6 Å². The minimum atomic E-state index is -0.341. The summed E-state index contributed by atoms with van der Waals surface area (Å²) in [5.74, 6) is 0.169. The van der Waals surface area contributed by atoms with Gasteiger partial charge in [-0.3, -0.25) is 0 Å². The molecular weight excluding hydrogens is 202 g/mol. The van der Waals surface area contributed by atoms with Crippen LogP contribution in [-0.4, -0.2) is 12.1 Å². The maximum atomic E-state index is 11.8. The molecule has 0 bridgehead atoms. The van der Waals surface area contributed by atoms with Crippen molar-refractivity contribution in [3.63, 3.8) is 0 Å². The van der Waals surface area contributed by atoms with Gasteiger partial charge < -0.3 is 10.5 Å². The van der Waals surface area contributed by atoms with Crippen LogP contribution in [0.5, 0.6) is 0 Å². The fourth-order valence-electron chi connectivity index (χ4n) is 1.64. The highest BCUT2D eigenvalue weighted by atomic mass is 16.5. The van der Waals surface area contributed by atoms with Crippen LogP contribution in [0, 0.1) is 5.92 Å². The van der Waals surface area contributed by atoms with Gasteiger partial charge in [0.2, 0.25) is 0 Å². The molecule has 16 heavy (non-hydrogen) atoms. The van der Waals surface area contributed by atoms with Gasteiger partial charge in [-0.15, -0.1) is 0 Å². The van der Waals surface area contributed by atoms with Crippen LogP contribution in [0.4, 0.5) is 5.69 Å². The fraction of sp³-hybridized carbons (Fsp3) is 0.462. The van der Waals surface area contributed by atoms with Crippen LogP contribution < -0.4 is 5.73 Å². The molecular formula is C13H19NO2. The smallest absolute Gasteiger partial charge is 0.340 e. The third kappa shape index (κ3) is 3.57. The van der Waals surface area contributed by atoms with E-state index in [1.807, 2.05) is 6.92 Å². The van der Waals surface area contributed by atoms with Crippen molar-refractivity contribution in [2.45, 2.75) is 33.3 Å². The summed E-state index contributed by atoms with van der Waals surface area (Å²) in [6, 6.07) is 6.95. The number of nitrogen functional groups attached to an aromatic ring is 1. The van der Waals surface area contributed by atoms with E-state index in [9.17, 15) is 4.79 Å². The van der Waals surface area contributed by atoms with Crippen molar-refractivity contribution in [3.8, 4) is 0 Å².